The molecule has 3 aromatic heterocycles. The summed E-state index contributed by atoms with van der Waals surface area (Å²) < 4.78 is 27.5. The van der Waals surface area contributed by atoms with E-state index in [9.17, 15) is 13.2 Å². The Morgan fingerprint density at radius 2 is 1.90 bits per heavy atom. The van der Waals surface area contributed by atoms with Crippen molar-refractivity contribution in [3.63, 3.8) is 0 Å². The normalized spacial score (nSPS) is 15.6. The summed E-state index contributed by atoms with van der Waals surface area (Å²) in [7, 11) is -3.60. The van der Waals surface area contributed by atoms with Crippen LogP contribution in [0.2, 0.25) is 4.34 Å². The number of thiazole rings is 1. The number of aromatic nitrogens is 2. The third-order valence-electron chi connectivity index (χ3n) is 4.57. The van der Waals surface area contributed by atoms with Crippen LogP contribution in [0.1, 0.15) is 15.4 Å². The quantitative estimate of drug-likeness (QED) is 0.586. The number of hydrogen-bond acceptors (Lipinski definition) is 7. The van der Waals surface area contributed by atoms with Crippen molar-refractivity contribution >= 4 is 50.2 Å². The van der Waals surface area contributed by atoms with Crippen molar-refractivity contribution in [3.8, 4) is 9.88 Å². The zero-order chi connectivity index (χ0) is 20.6. The van der Waals surface area contributed by atoms with E-state index < -0.39 is 10.0 Å². The maximum absolute atomic E-state index is 13.0. The average Bonchev–Trinajstić information content (AvgIpc) is 3.34. The molecule has 0 radical (unpaired) electrons. The Hall–Kier alpha value is -1.85. The summed E-state index contributed by atoms with van der Waals surface area (Å²) in [6.45, 7) is 2.96. The average molecular weight is 469 g/mol. The second-order valence-electron chi connectivity index (χ2n) is 6.42. The van der Waals surface area contributed by atoms with Gasteiger partial charge in [0.15, 0.2) is 0 Å². The molecule has 3 aromatic rings. The minimum Gasteiger partial charge on any atom is -0.335 e. The van der Waals surface area contributed by atoms with E-state index in [4.69, 9.17) is 11.6 Å². The first-order chi connectivity index (χ1) is 13.9. The van der Waals surface area contributed by atoms with Gasteiger partial charge in [-0.1, -0.05) is 11.6 Å². The van der Waals surface area contributed by atoms with E-state index in [0.717, 1.165) is 9.88 Å². The van der Waals surface area contributed by atoms with Crippen LogP contribution in [0.5, 0.6) is 0 Å². The van der Waals surface area contributed by atoms with Crippen molar-refractivity contribution in [2.75, 3.05) is 26.2 Å². The largest absolute Gasteiger partial charge is 0.335 e. The van der Waals surface area contributed by atoms with Gasteiger partial charge in [0, 0.05) is 38.6 Å². The number of carbonyl (C=O) groups is 1. The van der Waals surface area contributed by atoms with Crippen LogP contribution in [0.25, 0.3) is 9.88 Å². The molecule has 1 amide bonds. The summed E-state index contributed by atoms with van der Waals surface area (Å²) in [5, 5.41) is 0.764. The van der Waals surface area contributed by atoms with Crippen LogP contribution in [-0.4, -0.2) is 59.7 Å². The van der Waals surface area contributed by atoms with Gasteiger partial charge in [0.05, 0.1) is 14.9 Å². The fourth-order valence-corrected chi connectivity index (χ4v) is 6.57. The van der Waals surface area contributed by atoms with Gasteiger partial charge in [0.25, 0.3) is 5.91 Å². The topological polar surface area (TPSA) is 83.5 Å². The zero-order valence-electron chi connectivity index (χ0n) is 15.4. The van der Waals surface area contributed by atoms with Crippen molar-refractivity contribution in [1.82, 2.24) is 19.2 Å². The highest BCUT2D eigenvalue weighted by molar-refractivity contribution is 7.89. The Labute approximate surface area is 181 Å². The van der Waals surface area contributed by atoms with E-state index in [1.54, 1.807) is 11.0 Å². The zero-order valence-corrected chi connectivity index (χ0v) is 18.6. The first kappa shape index (κ1) is 20.4. The Balaban J connectivity index is 1.47. The molecule has 0 saturated carbocycles. The van der Waals surface area contributed by atoms with E-state index in [1.807, 2.05) is 19.1 Å². The highest BCUT2D eigenvalue weighted by Crippen LogP contribution is 2.35. The molecule has 0 aromatic carbocycles. The van der Waals surface area contributed by atoms with Gasteiger partial charge in [0.2, 0.25) is 10.0 Å². The Kier molecular flexibility index (Phi) is 5.71. The lowest BCUT2D eigenvalue weighted by molar-refractivity contribution is 0.0702. The number of rotatable bonds is 4. The first-order valence-corrected chi connectivity index (χ1v) is 12.2. The monoisotopic (exact) mass is 468 g/mol. The second-order valence-corrected chi connectivity index (χ2v) is 11.1. The number of hydrogen-bond donors (Lipinski definition) is 0. The van der Waals surface area contributed by atoms with Gasteiger partial charge >= 0.3 is 0 Å². The number of piperazine rings is 1. The molecule has 1 aliphatic rings. The van der Waals surface area contributed by atoms with E-state index in [-0.39, 0.29) is 23.9 Å². The highest BCUT2D eigenvalue weighted by Gasteiger charge is 2.31. The van der Waals surface area contributed by atoms with Crippen LogP contribution < -0.4 is 0 Å². The first-order valence-electron chi connectivity index (χ1n) is 8.79. The summed E-state index contributed by atoms with van der Waals surface area (Å²) >= 11 is 8.76. The number of nitrogens with zero attached hydrogens (tertiary/aromatic N) is 4. The fraction of sp³-hybridized carbons (Fsp3) is 0.278. The molecule has 0 bridgehead atoms. The van der Waals surface area contributed by atoms with E-state index in [1.165, 1.54) is 45.4 Å². The Morgan fingerprint density at radius 3 is 2.52 bits per heavy atom. The summed E-state index contributed by atoms with van der Waals surface area (Å²) in [6.07, 6.45) is 2.87. The van der Waals surface area contributed by atoms with Gasteiger partial charge in [-0.3, -0.25) is 9.78 Å². The highest BCUT2D eigenvalue weighted by atomic mass is 35.5. The molecule has 0 N–H and O–H groups in total. The molecule has 0 atom stereocenters. The van der Waals surface area contributed by atoms with Crippen LogP contribution in [-0.2, 0) is 10.0 Å². The molecule has 1 aliphatic heterocycles. The molecule has 0 spiro atoms. The van der Waals surface area contributed by atoms with Crippen molar-refractivity contribution in [2.24, 2.45) is 0 Å². The number of halogens is 1. The molecular weight excluding hydrogens is 452 g/mol. The molecule has 4 rings (SSSR count). The Bertz CT molecular complexity index is 1140. The Morgan fingerprint density at radius 1 is 1.14 bits per heavy atom. The van der Waals surface area contributed by atoms with Gasteiger partial charge in [-0.05, 0) is 31.2 Å². The SMILES string of the molecule is Cc1nc(-c2ccc(Cl)s2)sc1C(=O)N1CCN(S(=O)(=O)c2cccnc2)CC1. The molecule has 11 heteroatoms. The third-order valence-corrected chi connectivity index (χ3v) is 9.00. The minimum absolute atomic E-state index is 0.118. The minimum atomic E-state index is -3.60. The smallest absolute Gasteiger partial charge is 0.265 e. The van der Waals surface area contributed by atoms with Gasteiger partial charge in [-0.15, -0.1) is 22.7 Å². The summed E-state index contributed by atoms with van der Waals surface area (Å²) in [6, 6.07) is 6.82. The van der Waals surface area contributed by atoms with E-state index in [2.05, 4.69) is 9.97 Å². The van der Waals surface area contributed by atoms with Gasteiger partial charge in [-0.2, -0.15) is 4.31 Å². The number of carbonyl (C=O) groups excluding carboxylic acids is 1. The molecular formula is C18H17ClN4O3S3. The fourth-order valence-electron chi connectivity index (χ4n) is 3.05. The second kappa shape index (κ2) is 8.11. The lowest BCUT2D eigenvalue weighted by Crippen LogP contribution is -2.50. The van der Waals surface area contributed by atoms with Crippen LogP contribution in [0.3, 0.4) is 0 Å². The number of aryl methyl sites for hydroxylation is 1. The van der Waals surface area contributed by atoms with Crippen molar-refractivity contribution < 1.29 is 13.2 Å². The summed E-state index contributed by atoms with van der Waals surface area (Å²) in [5.74, 6) is -0.118. The molecule has 0 unspecified atom stereocenters. The van der Waals surface area contributed by atoms with Crippen LogP contribution in [0.4, 0.5) is 0 Å². The van der Waals surface area contributed by atoms with Crippen LogP contribution in [0, 0.1) is 6.92 Å². The van der Waals surface area contributed by atoms with Gasteiger partial charge < -0.3 is 4.90 Å². The van der Waals surface area contributed by atoms with E-state index >= 15 is 0 Å². The van der Waals surface area contributed by atoms with E-state index in [0.29, 0.717) is 28.0 Å². The molecule has 4 heterocycles. The molecule has 29 heavy (non-hydrogen) atoms. The van der Waals surface area contributed by atoms with Crippen molar-refractivity contribution in [1.29, 1.82) is 0 Å². The summed E-state index contributed by atoms with van der Waals surface area (Å²) in [5.41, 5.74) is 0.671. The number of pyridine rings is 1. The van der Waals surface area contributed by atoms with Gasteiger partial charge in [-0.25, -0.2) is 13.4 Å². The summed E-state index contributed by atoms with van der Waals surface area (Å²) in [4.78, 5) is 24.7. The van der Waals surface area contributed by atoms with Crippen molar-refractivity contribution in [3.05, 3.63) is 51.6 Å². The predicted molar refractivity (Wildman–Crippen MR) is 114 cm³/mol. The maximum atomic E-state index is 13.0. The molecule has 1 saturated heterocycles. The molecule has 7 nitrogen and oxygen atoms in total. The van der Waals surface area contributed by atoms with Gasteiger partial charge in [0.1, 0.15) is 14.8 Å². The number of amides is 1. The number of thiophene rings is 1. The lowest BCUT2D eigenvalue weighted by Gasteiger charge is -2.33. The van der Waals surface area contributed by atoms with Crippen molar-refractivity contribution in [2.45, 2.75) is 11.8 Å². The predicted octanol–water partition coefficient (Wildman–Crippen LogP) is 3.38. The maximum Gasteiger partial charge on any atom is 0.265 e. The van der Waals surface area contributed by atoms with Crippen LogP contribution in [0.15, 0.2) is 41.6 Å². The lowest BCUT2D eigenvalue weighted by atomic mass is 10.3. The van der Waals surface area contributed by atoms with Crippen LogP contribution >= 0.6 is 34.3 Å². The third kappa shape index (κ3) is 4.08. The molecule has 0 aliphatic carbocycles. The standard InChI is InChI=1S/C18H17ClN4O3S3/c1-12-16(28-17(21-12)14-4-5-15(19)27-14)18(24)22-7-9-23(10-8-22)29(25,26)13-3-2-6-20-11-13/h2-6,11H,7-10H2,1H3. The molecule has 1 fully saturated rings. The number of sulfonamides is 1. The molecule has 152 valence electrons.